The third-order valence-corrected chi connectivity index (χ3v) is 5.73. The van der Waals surface area contributed by atoms with Gasteiger partial charge >= 0.3 is 0 Å². The Hall–Kier alpha value is -2.58. The lowest BCUT2D eigenvalue weighted by atomic mass is 10.1. The fraction of sp³-hybridized carbons (Fsp3) is 0.300. The average molecular weight is 402 g/mol. The van der Waals surface area contributed by atoms with Crippen LogP contribution in [0.15, 0.2) is 41.9 Å². The van der Waals surface area contributed by atoms with Crippen LogP contribution >= 0.6 is 11.3 Å². The van der Waals surface area contributed by atoms with E-state index in [1.807, 2.05) is 6.07 Å². The van der Waals surface area contributed by atoms with E-state index < -0.39 is 11.6 Å². The Morgan fingerprint density at radius 1 is 1.18 bits per heavy atom. The summed E-state index contributed by atoms with van der Waals surface area (Å²) in [5, 5.41) is 6.31. The minimum atomic E-state index is -0.728. The van der Waals surface area contributed by atoms with Crippen LogP contribution in [0.25, 0.3) is 11.3 Å². The summed E-state index contributed by atoms with van der Waals surface area (Å²) < 4.78 is 29.0. The summed E-state index contributed by atoms with van der Waals surface area (Å²) in [6, 6.07) is 7.45. The van der Waals surface area contributed by atoms with Crippen LogP contribution in [0, 0.1) is 11.6 Å². The minimum Gasteiger partial charge on any atom is -0.336 e. The predicted octanol–water partition coefficient (Wildman–Crippen LogP) is 3.38. The van der Waals surface area contributed by atoms with E-state index in [-0.39, 0.29) is 17.2 Å². The lowest BCUT2D eigenvalue weighted by Gasteiger charge is -2.34. The molecule has 1 amide bonds. The summed E-state index contributed by atoms with van der Waals surface area (Å²) in [5.74, 6) is -1.57. The first-order valence-corrected chi connectivity index (χ1v) is 9.92. The van der Waals surface area contributed by atoms with Crippen molar-refractivity contribution in [3.63, 3.8) is 0 Å². The van der Waals surface area contributed by atoms with Crippen LogP contribution in [0.5, 0.6) is 0 Å². The van der Waals surface area contributed by atoms with Crippen LogP contribution in [0.2, 0.25) is 0 Å². The monoisotopic (exact) mass is 402 g/mol. The van der Waals surface area contributed by atoms with Crippen LogP contribution in [0.4, 0.5) is 8.78 Å². The number of rotatable bonds is 4. The highest BCUT2D eigenvalue weighted by Gasteiger charge is 2.27. The molecule has 2 aromatic heterocycles. The third kappa shape index (κ3) is 3.83. The Balaban J connectivity index is 1.50. The molecule has 0 atom stereocenters. The Bertz CT molecular complexity index is 978. The molecular formula is C20H20F2N4OS. The molecule has 0 N–H and O–H groups in total. The maximum atomic E-state index is 14.2. The highest BCUT2D eigenvalue weighted by Crippen LogP contribution is 2.27. The SMILES string of the molecule is Cn1cc(C(=O)N2CCN(Cc3cccs3)CC2)c(-c2ccc(F)cc2F)n1. The van der Waals surface area contributed by atoms with Gasteiger partial charge in [-0.25, -0.2) is 8.78 Å². The fourth-order valence-electron chi connectivity index (χ4n) is 3.43. The first-order valence-electron chi connectivity index (χ1n) is 9.04. The van der Waals surface area contributed by atoms with Crippen molar-refractivity contribution in [3.8, 4) is 11.3 Å². The van der Waals surface area contributed by atoms with Crippen molar-refractivity contribution in [2.24, 2.45) is 7.05 Å². The van der Waals surface area contributed by atoms with Crippen molar-refractivity contribution in [3.05, 3.63) is 64.0 Å². The summed E-state index contributed by atoms with van der Waals surface area (Å²) in [7, 11) is 1.68. The van der Waals surface area contributed by atoms with E-state index in [4.69, 9.17) is 0 Å². The number of carbonyl (C=O) groups excluding carboxylic acids is 1. The lowest BCUT2D eigenvalue weighted by Crippen LogP contribution is -2.48. The number of aromatic nitrogens is 2. The van der Waals surface area contributed by atoms with Crippen molar-refractivity contribution in [1.29, 1.82) is 0 Å². The van der Waals surface area contributed by atoms with Gasteiger partial charge in [0.1, 0.15) is 17.3 Å². The summed E-state index contributed by atoms with van der Waals surface area (Å²) in [6.45, 7) is 3.65. The van der Waals surface area contributed by atoms with Crippen LogP contribution in [0.3, 0.4) is 0 Å². The largest absolute Gasteiger partial charge is 0.336 e. The molecule has 4 rings (SSSR count). The number of aryl methyl sites for hydroxylation is 1. The standard InChI is InChI=1S/C20H20F2N4OS/c1-24-13-17(19(23-24)16-5-4-14(21)11-18(16)22)20(27)26-8-6-25(7-9-26)12-15-3-2-10-28-15/h2-5,10-11,13H,6-9,12H2,1H3. The van der Waals surface area contributed by atoms with E-state index in [1.165, 1.54) is 21.7 Å². The van der Waals surface area contributed by atoms with Gasteiger partial charge in [0.2, 0.25) is 0 Å². The van der Waals surface area contributed by atoms with Gasteiger partial charge in [0.25, 0.3) is 5.91 Å². The molecule has 8 heteroatoms. The van der Waals surface area contributed by atoms with E-state index >= 15 is 0 Å². The highest BCUT2D eigenvalue weighted by atomic mass is 32.1. The van der Waals surface area contributed by atoms with E-state index in [2.05, 4.69) is 21.4 Å². The second kappa shape index (κ2) is 7.81. The molecule has 0 bridgehead atoms. The van der Waals surface area contributed by atoms with Crippen LogP contribution in [-0.4, -0.2) is 51.7 Å². The number of nitrogens with zero attached hydrogens (tertiary/aromatic N) is 4. The second-order valence-electron chi connectivity index (χ2n) is 6.84. The normalized spacial score (nSPS) is 15.2. The first kappa shape index (κ1) is 18.8. The summed E-state index contributed by atoms with van der Waals surface area (Å²) in [6.07, 6.45) is 1.60. The van der Waals surface area contributed by atoms with Gasteiger partial charge in [-0.2, -0.15) is 5.10 Å². The Morgan fingerprint density at radius 3 is 2.64 bits per heavy atom. The Morgan fingerprint density at radius 2 is 1.96 bits per heavy atom. The Labute approximate surface area is 165 Å². The molecule has 1 saturated heterocycles. The summed E-state index contributed by atoms with van der Waals surface area (Å²) in [4.78, 5) is 18.5. The van der Waals surface area contributed by atoms with Gasteiger partial charge in [-0.15, -0.1) is 11.3 Å². The molecule has 3 heterocycles. The van der Waals surface area contributed by atoms with E-state index in [0.717, 1.165) is 25.7 Å². The van der Waals surface area contributed by atoms with Crippen LogP contribution < -0.4 is 0 Å². The molecule has 146 valence electrons. The van der Waals surface area contributed by atoms with E-state index in [1.54, 1.807) is 29.5 Å². The number of carbonyl (C=O) groups is 1. The molecule has 5 nitrogen and oxygen atoms in total. The van der Waals surface area contributed by atoms with Crippen molar-refractivity contribution in [2.45, 2.75) is 6.54 Å². The topological polar surface area (TPSA) is 41.4 Å². The minimum absolute atomic E-state index is 0.127. The van der Waals surface area contributed by atoms with Gasteiger partial charge in [-0.1, -0.05) is 6.07 Å². The molecular weight excluding hydrogens is 382 g/mol. The van der Waals surface area contributed by atoms with E-state index in [9.17, 15) is 13.6 Å². The van der Waals surface area contributed by atoms with Gasteiger partial charge in [0, 0.05) is 62.5 Å². The molecule has 1 aliphatic heterocycles. The number of hydrogen-bond acceptors (Lipinski definition) is 4. The molecule has 1 aliphatic rings. The van der Waals surface area contributed by atoms with Crippen LogP contribution in [-0.2, 0) is 13.6 Å². The van der Waals surface area contributed by atoms with E-state index in [0.29, 0.717) is 18.7 Å². The molecule has 0 saturated carbocycles. The maximum absolute atomic E-state index is 14.2. The van der Waals surface area contributed by atoms with Crippen molar-refractivity contribution < 1.29 is 13.6 Å². The lowest BCUT2D eigenvalue weighted by molar-refractivity contribution is 0.0630. The zero-order valence-electron chi connectivity index (χ0n) is 15.4. The fourth-order valence-corrected chi connectivity index (χ4v) is 4.17. The van der Waals surface area contributed by atoms with Gasteiger partial charge < -0.3 is 4.90 Å². The molecule has 3 aromatic rings. The number of benzene rings is 1. The van der Waals surface area contributed by atoms with Crippen molar-refractivity contribution >= 4 is 17.2 Å². The molecule has 0 radical (unpaired) electrons. The Kier molecular flexibility index (Phi) is 5.23. The zero-order valence-corrected chi connectivity index (χ0v) is 16.3. The highest BCUT2D eigenvalue weighted by molar-refractivity contribution is 7.09. The molecule has 28 heavy (non-hydrogen) atoms. The third-order valence-electron chi connectivity index (χ3n) is 4.86. The maximum Gasteiger partial charge on any atom is 0.257 e. The molecule has 0 aliphatic carbocycles. The van der Waals surface area contributed by atoms with Crippen molar-refractivity contribution in [1.82, 2.24) is 19.6 Å². The molecule has 1 aromatic carbocycles. The van der Waals surface area contributed by atoms with Gasteiger partial charge in [0.05, 0.1) is 5.56 Å². The number of halogens is 2. The second-order valence-corrected chi connectivity index (χ2v) is 7.87. The molecule has 0 unspecified atom stereocenters. The summed E-state index contributed by atoms with van der Waals surface area (Å²) >= 11 is 1.73. The molecule has 0 spiro atoms. The number of thiophene rings is 1. The van der Waals surface area contributed by atoms with Gasteiger partial charge in [0.15, 0.2) is 0 Å². The smallest absolute Gasteiger partial charge is 0.257 e. The number of hydrogen-bond donors (Lipinski definition) is 0. The first-order chi connectivity index (χ1) is 13.5. The van der Waals surface area contributed by atoms with Crippen molar-refractivity contribution in [2.75, 3.05) is 26.2 Å². The zero-order chi connectivity index (χ0) is 19.7. The predicted molar refractivity (Wildman–Crippen MR) is 104 cm³/mol. The number of amides is 1. The number of piperazine rings is 1. The average Bonchev–Trinajstić information content (AvgIpc) is 3.31. The van der Waals surface area contributed by atoms with Gasteiger partial charge in [-0.05, 0) is 23.6 Å². The molecule has 1 fully saturated rings. The summed E-state index contributed by atoms with van der Waals surface area (Å²) in [5.41, 5.74) is 0.701. The van der Waals surface area contributed by atoms with Gasteiger partial charge in [-0.3, -0.25) is 14.4 Å². The quantitative estimate of drug-likeness (QED) is 0.672. The van der Waals surface area contributed by atoms with Crippen LogP contribution in [0.1, 0.15) is 15.2 Å².